The lowest BCUT2D eigenvalue weighted by Crippen LogP contribution is -2.14. The van der Waals surface area contributed by atoms with Gasteiger partial charge >= 0.3 is 0 Å². The second-order valence-electron chi connectivity index (χ2n) is 4.09. The molecular formula is C13H11FN2O3S. The molecule has 104 valence electrons. The van der Waals surface area contributed by atoms with Gasteiger partial charge in [-0.15, -0.1) is 0 Å². The van der Waals surface area contributed by atoms with Gasteiger partial charge < -0.3 is 5.32 Å². The summed E-state index contributed by atoms with van der Waals surface area (Å²) in [7, 11) is -3.37. The molecule has 5 nitrogen and oxygen atoms in total. The molecule has 0 spiro atoms. The van der Waals surface area contributed by atoms with Gasteiger partial charge in [-0.05, 0) is 24.3 Å². The fourth-order valence-corrected chi connectivity index (χ4v) is 2.04. The number of nitrogens with one attached hydrogen (secondary N) is 1. The number of hydrogen-bond donors (Lipinski definition) is 1. The van der Waals surface area contributed by atoms with E-state index >= 15 is 0 Å². The van der Waals surface area contributed by atoms with Gasteiger partial charge in [0.2, 0.25) is 0 Å². The Labute approximate surface area is 115 Å². The molecule has 1 aromatic heterocycles. The predicted octanol–water partition coefficient (Wildman–Crippen LogP) is 1.88. The number of carbonyl (C=O) groups excluding carboxylic acids is 1. The summed E-state index contributed by atoms with van der Waals surface area (Å²) in [6.07, 6.45) is 2.13. The number of nitrogens with zero attached hydrogens (tertiary/aromatic N) is 1. The van der Waals surface area contributed by atoms with Crippen molar-refractivity contribution in [2.24, 2.45) is 0 Å². The number of carbonyl (C=O) groups is 1. The molecule has 0 saturated carbocycles. The van der Waals surface area contributed by atoms with Gasteiger partial charge in [0, 0.05) is 12.5 Å². The third-order valence-corrected chi connectivity index (χ3v) is 3.62. The third-order valence-electron chi connectivity index (χ3n) is 2.52. The predicted molar refractivity (Wildman–Crippen MR) is 71.7 cm³/mol. The first-order valence-electron chi connectivity index (χ1n) is 5.60. The van der Waals surface area contributed by atoms with Crippen LogP contribution in [-0.2, 0) is 9.84 Å². The van der Waals surface area contributed by atoms with Crippen LogP contribution in [0.25, 0.3) is 0 Å². The zero-order chi connectivity index (χ0) is 14.8. The normalized spacial score (nSPS) is 11.1. The monoisotopic (exact) mass is 294 g/mol. The summed E-state index contributed by atoms with van der Waals surface area (Å²) in [4.78, 5) is 15.6. The van der Waals surface area contributed by atoms with Crippen LogP contribution in [0, 0.1) is 5.82 Å². The Balaban J connectivity index is 2.20. The van der Waals surface area contributed by atoms with Crippen LogP contribution in [0.3, 0.4) is 0 Å². The molecule has 0 atom stereocenters. The minimum atomic E-state index is -3.37. The summed E-state index contributed by atoms with van der Waals surface area (Å²) in [5, 5.41) is 2.36. The largest absolute Gasteiger partial charge is 0.318 e. The number of amides is 1. The molecule has 0 fully saturated rings. The number of aromatic nitrogens is 1. The third kappa shape index (κ3) is 3.18. The Bertz CT molecular complexity index is 742. The number of sulfone groups is 1. The zero-order valence-electron chi connectivity index (χ0n) is 10.5. The van der Waals surface area contributed by atoms with Crippen LogP contribution in [0.5, 0.6) is 0 Å². The SMILES string of the molecule is CS(=O)(=O)c1ccc(C(=O)Nc2ccccc2F)nc1. The molecule has 0 bridgehead atoms. The van der Waals surface area contributed by atoms with Gasteiger partial charge in [-0.1, -0.05) is 12.1 Å². The van der Waals surface area contributed by atoms with Crippen molar-refractivity contribution in [3.05, 3.63) is 54.1 Å². The summed E-state index contributed by atoms with van der Waals surface area (Å²) >= 11 is 0. The van der Waals surface area contributed by atoms with Gasteiger partial charge in [0.05, 0.1) is 10.6 Å². The first-order valence-corrected chi connectivity index (χ1v) is 7.49. The van der Waals surface area contributed by atoms with Gasteiger partial charge in [-0.25, -0.2) is 17.8 Å². The van der Waals surface area contributed by atoms with Crippen LogP contribution in [-0.4, -0.2) is 25.6 Å². The Morgan fingerprint density at radius 2 is 1.90 bits per heavy atom. The molecule has 0 radical (unpaired) electrons. The van der Waals surface area contributed by atoms with Gasteiger partial charge in [0.1, 0.15) is 11.5 Å². The summed E-state index contributed by atoms with van der Waals surface area (Å²) in [6.45, 7) is 0. The van der Waals surface area contributed by atoms with Crippen molar-refractivity contribution in [2.45, 2.75) is 4.90 Å². The fraction of sp³-hybridized carbons (Fsp3) is 0.0769. The lowest BCUT2D eigenvalue weighted by Gasteiger charge is -2.06. The minimum absolute atomic E-state index is 0.000605. The highest BCUT2D eigenvalue weighted by Crippen LogP contribution is 2.14. The van der Waals surface area contributed by atoms with E-state index in [4.69, 9.17) is 0 Å². The molecule has 2 rings (SSSR count). The molecule has 0 aliphatic heterocycles. The molecule has 1 N–H and O–H groups in total. The van der Waals surface area contributed by atoms with Crippen molar-refractivity contribution in [2.75, 3.05) is 11.6 Å². The van der Waals surface area contributed by atoms with Crippen LogP contribution >= 0.6 is 0 Å². The van der Waals surface area contributed by atoms with Gasteiger partial charge in [-0.3, -0.25) is 4.79 Å². The van der Waals surface area contributed by atoms with E-state index < -0.39 is 21.6 Å². The number of benzene rings is 1. The Kier molecular flexibility index (Phi) is 3.80. The fourth-order valence-electron chi connectivity index (χ4n) is 1.48. The van der Waals surface area contributed by atoms with E-state index in [9.17, 15) is 17.6 Å². The zero-order valence-corrected chi connectivity index (χ0v) is 11.3. The quantitative estimate of drug-likeness (QED) is 0.937. The molecular weight excluding hydrogens is 283 g/mol. The number of pyridine rings is 1. The highest BCUT2D eigenvalue weighted by Gasteiger charge is 2.12. The lowest BCUT2D eigenvalue weighted by atomic mass is 10.3. The Morgan fingerprint density at radius 1 is 1.20 bits per heavy atom. The molecule has 20 heavy (non-hydrogen) atoms. The number of hydrogen-bond acceptors (Lipinski definition) is 4. The lowest BCUT2D eigenvalue weighted by molar-refractivity contribution is 0.102. The van der Waals surface area contributed by atoms with Crippen molar-refractivity contribution in [3.8, 4) is 0 Å². The first kappa shape index (κ1) is 14.1. The van der Waals surface area contributed by atoms with Crippen LogP contribution in [0.4, 0.5) is 10.1 Å². The van der Waals surface area contributed by atoms with Crippen LogP contribution in [0.15, 0.2) is 47.5 Å². The van der Waals surface area contributed by atoms with Crippen molar-refractivity contribution in [1.29, 1.82) is 0 Å². The summed E-state index contributed by atoms with van der Waals surface area (Å²) in [5.41, 5.74) is 0.0344. The van der Waals surface area contributed by atoms with Crippen LogP contribution in [0.2, 0.25) is 0 Å². The first-order chi connectivity index (χ1) is 9.38. The van der Waals surface area contributed by atoms with E-state index in [1.54, 1.807) is 6.07 Å². The summed E-state index contributed by atoms with van der Waals surface area (Å²) < 4.78 is 35.9. The average Bonchev–Trinajstić information content (AvgIpc) is 2.40. The highest BCUT2D eigenvalue weighted by atomic mass is 32.2. The number of halogens is 1. The maximum absolute atomic E-state index is 13.4. The molecule has 2 aromatic rings. The standard InChI is InChI=1S/C13H11FN2O3S/c1-20(18,19)9-6-7-12(15-8-9)13(17)16-11-5-3-2-4-10(11)14/h2-8H,1H3,(H,16,17). The minimum Gasteiger partial charge on any atom is -0.318 e. The van der Waals surface area contributed by atoms with Crippen molar-refractivity contribution < 1.29 is 17.6 Å². The Morgan fingerprint density at radius 3 is 2.45 bits per heavy atom. The Hall–Kier alpha value is -2.28. The number of rotatable bonds is 3. The molecule has 1 amide bonds. The van der Waals surface area contributed by atoms with Crippen LogP contribution in [0.1, 0.15) is 10.5 Å². The molecule has 1 aromatic carbocycles. The second-order valence-corrected chi connectivity index (χ2v) is 6.10. The van der Waals surface area contributed by atoms with E-state index in [1.165, 1.54) is 30.3 Å². The van der Waals surface area contributed by atoms with E-state index in [-0.39, 0.29) is 16.3 Å². The van der Waals surface area contributed by atoms with Gasteiger partial charge in [-0.2, -0.15) is 0 Å². The van der Waals surface area contributed by atoms with E-state index in [0.29, 0.717) is 0 Å². The molecule has 7 heteroatoms. The summed E-state index contributed by atoms with van der Waals surface area (Å²) in [6, 6.07) is 8.27. The number of anilines is 1. The molecule has 0 aliphatic carbocycles. The van der Waals surface area contributed by atoms with E-state index in [0.717, 1.165) is 12.5 Å². The van der Waals surface area contributed by atoms with Crippen molar-refractivity contribution in [1.82, 2.24) is 4.98 Å². The smallest absolute Gasteiger partial charge is 0.274 e. The van der Waals surface area contributed by atoms with Gasteiger partial charge in [0.15, 0.2) is 9.84 Å². The van der Waals surface area contributed by atoms with Crippen molar-refractivity contribution >= 4 is 21.4 Å². The van der Waals surface area contributed by atoms with E-state index in [1.807, 2.05) is 0 Å². The van der Waals surface area contributed by atoms with E-state index in [2.05, 4.69) is 10.3 Å². The topological polar surface area (TPSA) is 76.1 Å². The van der Waals surface area contributed by atoms with Crippen molar-refractivity contribution in [3.63, 3.8) is 0 Å². The number of para-hydroxylation sites is 1. The average molecular weight is 294 g/mol. The molecule has 0 saturated heterocycles. The maximum Gasteiger partial charge on any atom is 0.274 e. The maximum atomic E-state index is 13.4. The summed E-state index contributed by atoms with van der Waals surface area (Å²) in [5.74, 6) is -1.18. The molecule has 0 unspecified atom stereocenters. The highest BCUT2D eigenvalue weighted by molar-refractivity contribution is 7.90. The molecule has 0 aliphatic rings. The van der Waals surface area contributed by atoms with Crippen LogP contribution < -0.4 is 5.32 Å². The molecule has 1 heterocycles. The van der Waals surface area contributed by atoms with Gasteiger partial charge in [0.25, 0.3) is 5.91 Å². The second kappa shape index (κ2) is 5.38.